The molecule has 2 unspecified atom stereocenters. The van der Waals surface area contributed by atoms with E-state index in [0.717, 1.165) is 43.0 Å². The van der Waals surface area contributed by atoms with E-state index < -0.39 is 0 Å². The maximum atomic E-state index is 14.3. The number of halogens is 1. The van der Waals surface area contributed by atoms with Gasteiger partial charge in [0.05, 0.1) is 6.20 Å². The van der Waals surface area contributed by atoms with Gasteiger partial charge in [0.25, 0.3) is 0 Å². The summed E-state index contributed by atoms with van der Waals surface area (Å²) in [7, 11) is 0. The highest BCUT2D eigenvalue weighted by Gasteiger charge is 2.21. The van der Waals surface area contributed by atoms with E-state index in [0.29, 0.717) is 18.0 Å². The fraction of sp³-hybridized carbons (Fsp3) is 0.500. The second-order valence-corrected chi connectivity index (χ2v) is 8.13. The van der Waals surface area contributed by atoms with E-state index in [-0.39, 0.29) is 23.8 Å². The zero-order valence-corrected chi connectivity index (χ0v) is 17.2. The molecule has 6 nitrogen and oxygen atoms in total. The zero-order valence-electron chi connectivity index (χ0n) is 17.2. The van der Waals surface area contributed by atoms with Crippen LogP contribution in [0.15, 0.2) is 30.5 Å². The number of hydrogen-bond acceptors (Lipinski definition) is 5. The summed E-state index contributed by atoms with van der Waals surface area (Å²) in [4.78, 5) is 9.35. The van der Waals surface area contributed by atoms with Crippen LogP contribution in [0.4, 0.5) is 4.39 Å². The third-order valence-corrected chi connectivity index (χ3v) is 5.51. The molecule has 0 radical (unpaired) electrons. The predicted octanol–water partition coefficient (Wildman–Crippen LogP) is 3.86. The predicted molar refractivity (Wildman–Crippen MR) is 110 cm³/mol. The van der Waals surface area contributed by atoms with Crippen molar-refractivity contribution in [2.24, 2.45) is 0 Å². The van der Waals surface area contributed by atoms with E-state index in [1.165, 1.54) is 6.07 Å². The molecule has 0 aliphatic carbocycles. The molecule has 1 N–H and O–H groups in total. The Morgan fingerprint density at radius 3 is 2.76 bits per heavy atom. The lowest BCUT2D eigenvalue weighted by Gasteiger charge is -2.23. The molecule has 0 amide bonds. The third kappa shape index (κ3) is 4.24. The van der Waals surface area contributed by atoms with Crippen LogP contribution in [0.2, 0.25) is 0 Å². The summed E-state index contributed by atoms with van der Waals surface area (Å²) in [6.07, 6.45) is 4.51. The summed E-state index contributed by atoms with van der Waals surface area (Å²) in [6, 6.07) is 7.27. The molecule has 2 atom stereocenters. The van der Waals surface area contributed by atoms with Crippen molar-refractivity contribution in [2.45, 2.75) is 58.0 Å². The Morgan fingerprint density at radius 2 is 2.03 bits per heavy atom. The smallest absolute Gasteiger partial charge is 0.320 e. The lowest BCUT2D eigenvalue weighted by Crippen LogP contribution is -2.37. The molecule has 1 saturated heterocycles. The summed E-state index contributed by atoms with van der Waals surface area (Å²) < 4.78 is 22.2. The van der Waals surface area contributed by atoms with Gasteiger partial charge in [0.1, 0.15) is 17.7 Å². The van der Waals surface area contributed by atoms with Crippen molar-refractivity contribution in [1.29, 1.82) is 0 Å². The van der Waals surface area contributed by atoms with Crippen LogP contribution in [0.25, 0.3) is 5.65 Å². The first-order valence-electron chi connectivity index (χ1n) is 10.4. The average Bonchev–Trinajstić information content (AvgIpc) is 3.13. The van der Waals surface area contributed by atoms with Crippen LogP contribution in [0, 0.1) is 5.82 Å². The molecule has 1 aliphatic rings. The Bertz CT molecular complexity index is 980. The minimum absolute atomic E-state index is 0.0507. The number of aromatic nitrogens is 4. The highest BCUT2D eigenvalue weighted by Crippen LogP contribution is 2.26. The second-order valence-electron chi connectivity index (χ2n) is 8.13. The van der Waals surface area contributed by atoms with Crippen LogP contribution in [-0.2, 0) is 6.42 Å². The molecule has 0 bridgehead atoms. The molecule has 1 fully saturated rings. The van der Waals surface area contributed by atoms with Gasteiger partial charge in [-0.15, -0.1) is 0 Å². The van der Waals surface area contributed by atoms with Gasteiger partial charge in [0.2, 0.25) is 0 Å². The van der Waals surface area contributed by atoms with Gasteiger partial charge >= 0.3 is 6.01 Å². The molecule has 2 aromatic heterocycles. The number of nitrogens with zero attached hydrogens (tertiary/aromatic N) is 4. The van der Waals surface area contributed by atoms with Crippen LogP contribution in [0.3, 0.4) is 0 Å². The highest BCUT2D eigenvalue weighted by molar-refractivity contribution is 5.49. The Kier molecular flexibility index (Phi) is 5.76. The number of nitrogens with one attached hydrogen (secondary N) is 1. The molecule has 154 valence electrons. The van der Waals surface area contributed by atoms with Crippen molar-refractivity contribution in [2.75, 3.05) is 13.1 Å². The minimum Gasteiger partial charge on any atom is -0.459 e. The molecule has 1 aromatic carbocycles. The van der Waals surface area contributed by atoms with Crippen molar-refractivity contribution in [3.63, 3.8) is 0 Å². The van der Waals surface area contributed by atoms with E-state index in [2.05, 4.69) is 34.2 Å². The monoisotopic (exact) mass is 397 g/mol. The second kappa shape index (κ2) is 8.45. The Balaban J connectivity index is 1.70. The third-order valence-electron chi connectivity index (χ3n) is 5.51. The average molecular weight is 397 g/mol. The maximum absolute atomic E-state index is 14.3. The number of ether oxygens (including phenoxy) is 1. The van der Waals surface area contributed by atoms with Crippen molar-refractivity contribution in [3.8, 4) is 6.01 Å². The molecule has 4 rings (SSSR count). The lowest BCUT2D eigenvalue weighted by atomic mass is 9.97. The molecule has 29 heavy (non-hydrogen) atoms. The van der Waals surface area contributed by atoms with Gasteiger partial charge in [-0.1, -0.05) is 39.0 Å². The van der Waals surface area contributed by atoms with E-state index in [4.69, 9.17) is 4.74 Å². The van der Waals surface area contributed by atoms with Gasteiger partial charge in [0, 0.05) is 18.5 Å². The first kappa shape index (κ1) is 19.8. The van der Waals surface area contributed by atoms with Crippen LogP contribution >= 0.6 is 0 Å². The number of rotatable bonds is 6. The van der Waals surface area contributed by atoms with Gasteiger partial charge in [-0.3, -0.25) is 0 Å². The fourth-order valence-electron chi connectivity index (χ4n) is 3.85. The van der Waals surface area contributed by atoms with Crippen molar-refractivity contribution < 1.29 is 9.13 Å². The molecule has 0 saturated carbocycles. The normalized spacial score (nSPS) is 18.3. The lowest BCUT2D eigenvalue weighted by molar-refractivity contribution is 0.152. The first-order chi connectivity index (χ1) is 14.0. The van der Waals surface area contributed by atoms with Crippen molar-refractivity contribution in [1.82, 2.24) is 24.9 Å². The summed E-state index contributed by atoms with van der Waals surface area (Å²) in [6.45, 7) is 8.06. The van der Waals surface area contributed by atoms with Crippen molar-refractivity contribution in [3.05, 3.63) is 53.2 Å². The minimum atomic E-state index is -0.196. The summed E-state index contributed by atoms with van der Waals surface area (Å²) >= 11 is 0. The van der Waals surface area contributed by atoms with Crippen molar-refractivity contribution >= 4 is 5.65 Å². The van der Waals surface area contributed by atoms with E-state index in [1.54, 1.807) is 10.6 Å². The number of piperidine rings is 1. The number of hydrogen-bond donors (Lipinski definition) is 1. The Hall–Kier alpha value is -2.54. The van der Waals surface area contributed by atoms with Gasteiger partial charge in [0.15, 0.2) is 5.65 Å². The van der Waals surface area contributed by atoms with Crippen LogP contribution in [-0.4, -0.2) is 38.8 Å². The molecular weight excluding hydrogens is 369 g/mol. The first-order valence-corrected chi connectivity index (χ1v) is 10.4. The fourth-order valence-corrected chi connectivity index (χ4v) is 3.85. The van der Waals surface area contributed by atoms with E-state index >= 15 is 0 Å². The molecule has 1 aliphatic heterocycles. The standard InChI is InChI=1S/C22H28FN5O/c1-14(2)18-13-25-28-20(11-15(3)17-8-4-5-9-19(17)23)26-22(27-21(18)28)29-16-7-6-10-24-12-16/h4-5,8-9,13-16,24H,6-7,10-12H2,1-3H3. The molecular formula is C22H28FN5O. The van der Waals surface area contributed by atoms with Crippen LogP contribution in [0.5, 0.6) is 6.01 Å². The molecule has 0 spiro atoms. The summed E-state index contributed by atoms with van der Waals surface area (Å²) in [5, 5.41) is 7.88. The highest BCUT2D eigenvalue weighted by atomic mass is 19.1. The zero-order chi connectivity index (χ0) is 20.4. The maximum Gasteiger partial charge on any atom is 0.320 e. The quantitative estimate of drug-likeness (QED) is 0.684. The Morgan fingerprint density at radius 1 is 1.21 bits per heavy atom. The van der Waals surface area contributed by atoms with E-state index in [1.807, 2.05) is 25.3 Å². The summed E-state index contributed by atoms with van der Waals surface area (Å²) in [5.74, 6) is 0.767. The van der Waals surface area contributed by atoms with Crippen LogP contribution in [0.1, 0.15) is 62.4 Å². The van der Waals surface area contributed by atoms with Gasteiger partial charge in [-0.05, 0) is 42.9 Å². The van der Waals surface area contributed by atoms with Gasteiger partial charge < -0.3 is 10.1 Å². The Labute approximate surface area is 170 Å². The molecule has 7 heteroatoms. The molecule has 3 heterocycles. The van der Waals surface area contributed by atoms with Gasteiger partial charge in [-0.2, -0.15) is 15.1 Å². The largest absolute Gasteiger partial charge is 0.459 e. The molecule has 3 aromatic rings. The number of benzene rings is 1. The SMILES string of the molecule is CC(C)c1cnn2c(CC(C)c3ccccc3F)nc(OC3CCCNC3)nc12. The van der Waals surface area contributed by atoms with Gasteiger partial charge in [-0.25, -0.2) is 8.91 Å². The topological polar surface area (TPSA) is 64.3 Å². The van der Waals surface area contributed by atoms with Crippen LogP contribution < -0.4 is 10.1 Å². The summed E-state index contributed by atoms with van der Waals surface area (Å²) in [5.41, 5.74) is 2.50. The van der Waals surface area contributed by atoms with E-state index in [9.17, 15) is 4.39 Å². The number of fused-ring (bicyclic) bond motifs is 1.